The summed E-state index contributed by atoms with van der Waals surface area (Å²) >= 11 is 3.46. The molecule has 4 nitrogen and oxygen atoms in total. The molecule has 0 saturated carbocycles. The van der Waals surface area contributed by atoms with Gasteiger partial charge in [0, 0.05) is 29.4 Å². The number of carbonyl (C=O) groups excluding carboxylic acids is 1. The average Bonchev–Trinajstić information content (AvgIpc) is 2.90. The molecule has 1 unspecified atom stereocenters. The van der Waals surface area contributed by atoms with Gasteiger partial charge in [0.25, 0.3) is 0 Å². The summed E-state index contributed by atoms with van der Waals surface area (Å²) in [5.41, 5.74) is 1.41. The molecule has 98 valence electrons. The Kier molecular flexibility index (Phi) is 4.16. The molecule has 0 radical (unpaired) electrons. The van der Waals surface area contributed by atoms with Crippen LogP contribution in [0.4, 0.5) is 0 Å². The first kappa shape index (κ1) is 13.5. The van der Waals surface area contributed by atoms with Crippen LogP contribution in [0.3, 0.4) is 0 Å². The topological polar surface area (TPSA) is 44.1 Å². The summed E-state index contributed by atoms with van der Waals surface area (Å²) in [4.78, 5) is 11.3. The number of esters is 1. The summed E-state index contributed by atoms with van der Waals surface area (Å²) in [6, 6.07) is 9.34. The third kappa shape index (κ3) is 3.12. The number of hydrogen-bond acceptors (Lipinski definition) is 3. The zero-order valence-electron chi connectivity index (χ0n) is 10.4. The largest absolute Gasteiger partial charge is 0.451 e. The van der Waals surface area contributed by atoms with Crippen LogP contribution >= 0.6 is 15.9 Å². The van der Waals surface area contributed by atoms with E-state index < -0.39 is 6.10 Å². The van der Waals surface area contributed by atoms with Crippen molar-refractivity contribution in [1.29, 1.82) is 0 Å². The van der Waals surface area contributed by atoms with E-state index in [0.717, 1.165) is 10.0 Å². The third-order valence-electron chi connectivity index (χ3n) is 2.57. The SMILES string of the molecule is C=C(C(OC(C)=O)c1ccccc1Br)n1cccn1. The van der Waals surface area contributed by atoms with Crippen molar-refractivity contribution in [2.24, 2.45) is 0 Å². The summed E-state index contributed by atoms with van der Waals surface area (Å²) in [6.45, 7) is 5.35. The van der Waals surface area contributed by atoms with Crippen LogP contribution in [0, 0.1) is 0 Å². The summed E-state index contributed by atoms with van der Waals surface area (Å²) in [7, 11) is 0. The first-order chi connectivity index (χ1) is 9.09. The van der Waals surface area contributed by atoms with Crippen LogP contribution in [0.2, 0.25) is 0 Å². The van der Waals surface area contributed by atoms with Crippen molar-refractivity contribution in [2.75, 3.05) is 0 Å². The summed E-state index contributed by atoms with van der Waals surface area (Å²) in [5.74, 6) is -0.367. The highest BCUT2D eigenvalue weighted by Crippen LogP contribution is 2.32. The highest BCUT2D eigenvalue weighted by atomic mass is 79.9. The number of carbonyl (C=O) groups is 1. The summed E-state index contributed by atoms with van der Waals surface area (Å²) in [6.07, 6.45) is 2.83. The smallest absolute Gasteiger partial charge is 0.303 e. The average molecular weight is 321 g/mol. The van der Waals surface area contributed by atoms with Crippen LogP contribution in [0.25, 0.3) is 5.70 Å². The first-order valence-corrected chi connectivity index (χ1v) is 6.49. The molecule has 0 aliphatic carbocycles. The number of hydrogen-bond donors (Lipinski definition) is 0. The van der Waals surface area contributed by atoms with Gasteiger partial charge in [-0.15, -0.1) is 0 Å². The van der Waals surface area contributed by atoms with Gasteiger partial charge in [-0.25, -0.2) is 4.68 Å². The Bertz CT molecular complexity index is 593. The molecule has 1 aromatic carbocycles. The summed E-state index contributed by atoms with van der Waals surface area (Å²) in [5, 5.41) is 4.11. The highest BCUT2D eigenvalue weighted by Gasteiger charge is 2.22. The maximum absolute atomic E-state index is 11.3. The van der Waals surface area contributed by atoms with Gasteiger partial charge in [-0.3, -0.25) is 4.79 Å². The molecule has 0 bridgehead atoms. The van der Waals surface area contributed by atoms with Gasteiger partial charge >= 0.3 is 5.97 Å². The fraction of sp³-hybridized carbons (Fsp3) is 0.143. The third-order valence-corrected chi connectivity index (χ3v) is 3.29. The number of aromatic nitrogens is 2. The second kappa shape index (κ2) is 5.84. The van der Waals surface area contributed by atoms with E-state index in [0.29, 0.717) is 5.70 Å². The normalized spacial score (nSPS) is 11.9. The van der Waals surface area contributed by atoms with Gasteiger partial charge in [0.15, 0.2) is 6.10 Å². The van der Waals surface area contributed by atoms with E-state index in [2.05, 4.69) is 27.6 Å². The number of nitrogens with zero attached hydrogens (tertiary/aromatic N) is 2. The fourth-order valence-corrected chi connectivity index (χ4v) is 2.22. The van der Waals surface area contributed by atoms with E-state index in [9.17, 15) is 4.79 Å². The van der Waals surface area contributed by atoms with Crippen LogP contribution in [-0.4, -0.2) is 15.7 Å². The zero-order valence-corrected chi connectivity index (χ0v) is 12.0. The molecule has 19 heavy (non-hydrogen) atoms. The maximum atomic E-state index is 11.3. The molecule has 1 heterocycles. The van der Waals surface area contributed by atoms with E-state index in [1.54, 1.807) is 23.1 Å². The van der Waals surface area contributed by atoms with Gasteiger partial charge in [-0.05, 0) is 12.1 Å². The van der Waals surface area contributed by atoms with E-state index in [1.165, 1.54) is 6.92 Å². The molecule has 2 aromatic rings. The lowest BCUT2D eigenvalue weighted by Gasteiger charge is -2.20. The molecular formula is C14H13BrN2O2. The number of halogens is 1. The lowest BCUT2D eigenvalue weighted by molar-refractivity contribution is -0.144. The van der Waals surface area contributed by atoms with E-state index >= 15 is 0 Å². The van der Waals surface area contributed by atoms with Gasteiger partial charge < -0.3 is 4.74 Å². The molecule has 0 aliphatic heterocycles. The minimum Gasteiger partial charge on any atom is -0.451 e. The van der Waals surface area contributed by atoms with Crippen LogP contribution in [0.1, 0.15) is 18.6 Å². The Morgan fingerprint density at radius 3 is 2.74 bits per heavy atom. The minimum absolute atomic E-state index is 0.367. The second-order valence-corrected chi connectivity index (χ2v) is 4.81. The Morgan fingerprint density at radius 2 is 2.16 bits per heavy atom. The van der Waals surface area contributed by atoms with Crippen molar-refractivity contribution in [3.05, 3.63) is 59.3 Å². The van der Waals surface area contributed by atoms with E-state index in [4.69, 9.17) is 4.74 Å². The second-order valence-electron chi connectivity index (χ2n) is 3.95. The number of ether oxygens (including phenoxy) is 1. The van der Waals surface area contributed by atoms with Gasteiger partial charge in [0.05, 0.1) is 5.70 Å². The minimum atomic E-state index is -0.576. The Morgan fingerprint density at radius 1 is 1.42 bits per heavy atom. The molecule has 0 N–H and O–H groups in total. The van der Waals surface area contributed by atoms with Crippen molar-refractivity contribution in [1.82, 2.24) is 9.78 Å². The molecule has 0 saturated heterocycles. The van der Waals surface area contributed by atoms with Crippen LogP contribution in [0.5, 0.6) is 0 Å². The maximum Gasteiger partial charge on any atom is 0.303 e. The van der Waals surface area contributed by atoms with Gasteiger partial charge in [0.1, 0.15) is 0 Å². The Balaban J connectivity index is 2.39. The van der Waals surface area contributed by atoms with E-state index in [-0.39, 0.29) is 5.97 Å². The predicted octanol–water partition coefficient (Wildman–Crippen LogP) is 3.42. The van der Waals surface area contributed by atoms with Crippen LogP contribution < -0.4 is 0 Å². The number of rotatable bonds is 4. The van der Waals surface area contributed by atoms with Gasteiger partial charge in [-0.1, -0.05) is 40.7 Å². The van der Waals surface area contributed by atoms with Crippen molar-refractivity contribution in [3.63, 3.8) is 0 Å². The molecule has 0 spiro atoms. The first-order valence-electron chi connectivity index (χ1n) is 5.70. The van der Waals surface area contributed by atoms with Gasteiger partial charge in [-0.2, -0.15) is 5.10 Å². The Labute approximate surface area is 119 Å². The molecule has 0 amide bonds. The number of benzene rings is 1. The lowest BCUT2D eigenvalue weighted by Crippen LogP contribution is -2.14. The molecule has 2 rings (SSSR count). The molecular weight excluding hydrogens is 308 g/mol. The quantitative estimate of drug-likeness (QED) is 0.811. The summed E-state index contributed by atoms with van der Waals surface area (Å²) < 4.78 is 7.82. The molecule has 1 atom stereocenters. The monoisotopic (exact) mass is 320 g/mol. The molecule has 5 heteroatoms. The zero-order chi connectivity index (χ0) is 13.8. The van der Waals surface area contributed by atoms with Crippen molar-refractivity contribution in [2.45, 2.75) is 13.0 Å². The molecule has 0 fully saturated rings. The predicted molar refractivity (Wildman–Crippen MR) is 76.2 cm³/mol. The molecule has 0 aliphatic rings. The Hall–Kier alpha value is -1.88. The molecule has 1 aromatic heterocycles. The van der Waals surface area contributed by atoms with Crippen molar-refractivity contribution in [3.8, 4) is 0 Å². The standard InChI is InChI=1S/C14H13BrN2O2/c1-10(17-9-5-8-16-17)14(19-11(2)18)12-6-3-4-7-13(12)15/h3-9,14H,1H2,2H3. The highest BCUT2D eigenvalue weighted by molar-refractivity contribution is 9.10. The van der Waals surface area contributed by atoms with Crippen molar-refractivity contribution >= 4 is 27.6 Å². The van der Waals surface area contributed by atoms with Crippen LogP contribution in [-0.2, 0) is 9.53 Å². The van der Waals surface area contributed by atoms with Crippen LogP contribution in [0.15, 0.2) is 53.8 Å². The van der Waals surface area contributed by atoms with Crippen molar-refractivity contribution < 1.29 is 9.53 Å². The van der Waals surface area contributed by atoms with Gasteiger partial charge in [0.2, 0.25) is 0 Å². The van der Waals surface area contributed by atoms with E-state index in [1.807, 2.05) is 24.3 Å². The lowest BCUT2D eigenvalue weighted by atomic mass is 10.1. The fourth-order valence-electron chi connectivity index (χ4n) is 1.72.